The largest absolute Gasteiger partial charge is 0.541 e. The monoisotopic (exact) mass is 273 g/mol. The molecule has 1 aromatic rings. The van der Waals surface area contributed by atoms with E-state index in [4.69, 9.17) is 10.2 Å². The van der Waals surface area contributed by atoms with Crippen molar-refractivity contribution in [3.05, 3.63) is 29.3 Å². The fourth-order valence-corrected chi connectivity index (χ4v) is 2.25. The number of nitrogens with two attached hydrogens (primary N) is 1. The van der Waals surface area contributed by atoms with E-state index in [0.29, 0.717) is 0 Å². The first-order chi connectivity index (χ1) is 8.10. The lowest BCUT2D eigenvalue weighted by Crippen LogP contribution is -2.44. The molecule has 0 saturated heterocycles. The Balaban J connectivity index is 3.11. The molecule has 0 aliphatic rings. The first-order valence-electron chi connectivity index (χ1n) is 5.96. The summed E-state index contributed by atoms with van der Waals surface area (Å²) >= 11 is 0. The third-order valence-corrected chi connectivity index (χ3v) is 7.86. The van der Waals surface area contributed by atoms with E-state index in [0.717, 1.165) is 0 Å². The van der Waals surface area contributed by atoms with Crippen LogP contribution in [0.1, 0.15) is 26.3 Å². The predicted molar refractivity (Wildman–Crippen MR) is 72.1 cm³/mol. The molecule has 18 heavy (non-hydrogen) atoms. The highest BCUT2D eigenvalue weighted by molar-refractivity contribution is 6.74. The number of rotatable bonds is 3. The van der Waals surface area contributed by atoms with Crippen LogP contribution in [0.3, 0.4) is 0 Å². The van der Waals surface area contributed by atoms with Crippen LogP contribution in [-0.2, 0) is 6.54 Å². The van der Waals surface area contributed by atoms with Crippen LogP contribution in [0.4, 0.5) is 8.78 Å². The van der Waals surface area contributed by atoms with Crippen LogP contribution in [0, 0.1) is 11.6 Å². The Labute approximate surface area is 108 Å². The summed E-state index contributed by atoms with van der Waals surface area (Å²) in [7, 11) is -2.17. The fourth-order valence-electron chi connectivity index (χ4n) is 1.24. The first kappa shape index (κ1) is 15.1. The first-order valence-corrected chi connectivity index (χ1v) is 8.87. The molecule has 0 radical (unpaired) electrons. The number of benzene rings is 1. The van der Waals surface area contributed by atoms with Crippen molar-refractivity contribution in [3.8, 4) is 5.75 Å². The van der Waals surface area contributed by atoms with Crippen LogP contribution in [0.5, 0.6) is 5.75 Å². The number of hydrogen-bond donors (Lipinski definition) is 1. The van der Waals surface area contributed by atoms with E-state index in [9.17, 15) is 8.78 Å². The van der Waals surface area contributed by atoms with E-state index in [1.165, 1.54) is 12.1 Å². The minimum absolute atomic E-state index is 0.0173. The zero-order valence-corrected chi connectivity index (χ0v) is 12.6. The third kappa shape index (κ3) is 2.90. The molecule has 102 valence electrons. The molecule has 1 rings (SSSR count). The second kappa shape index (κ2) is 4.97. The van der Waals surface area contributed by atoms with Crippen molar-refractivity contribution in [2.45, 2.75) is 45.4 Å². The van der Waals surface area contributed by atoms with Gasteiger partial charge in [0.25, 0.3) is 8.32 Å². The van der Waals surface area contributed by atoms with Gasteiger partial charge in [-0.3, -0.25) is 0 Å². The lowest BCUT2D eigenvalue weighted by atomic mass is 10.2. The zero-order valence-electron chi connectivity index (χ0n) is 11.6. The molecule has 0 heterocycles. The number of halogens is 2. The molecule has 0 atom stereocenters. The van der Waals surface area contributed by atoms with E-state index in [1.807, 2.05) is 33.9 Å². The Kier molecular flexibility index (Phi) is 4.18. The van der Waals surface area contributed by atoms with Gasteiger partial charge in [0.05, 0.1) is 0 Å². The Bertz CT molecular complexity index is 441. The summed E-state index contributed by atoms with van der Waals surface area (Å²) in [5.74, 6) is -1.87. The molecule has 0 unspecified atom stereocenters. The molecule has 1 aromatic carbocycles. The van der Waals surface area contributed by atoms with Crippen LogP contribution in [0.15, 0.2) is 12.1 Å². The Hall–Kier alpha value is -0.943. The van der Waals surface area contributed by atoms with E-state index in [2.05, 4.69) is 0 Å². The molecule has 2 nitrogen and oxygen atoms in total. The van der Waals surface area contributed by atoms with E-state index >= 15 is 0 Å². The summed E-state index contributed by atoms with van der Waals surface area (Å²) in [4.78, 5) is 0. The van der Waals surface area contributed by atoms with Gasteiger partial charge < -0.3 is 10.2 Å². The van der Waals surface area contributed by atoms with Crippen LogP contribution in [-0.4, -0.2) is 8.32 Å². The van der Waals surface area contributed by atoms with Gasteiger partial charge in [0.1, 0.15) is 5.75 Å². The van der Waals surface area contributed by atoms with Crippen molar-refractivity contribution < 1.29 is 13.2 Å². The lowest BCUT2D eigenvalue weighted by molar-refractivity contribution is 0.426. The predicted octanol–water partition coefficient (Wildman–Crippen LogP) is 3.81. The molecule has 2 N–H and O–H groups in total. The molecule has 0 aliphatic carbocycles. The highest BCUT2D eigenvalue weighted by atomic mass is 28.4. The van der Waals surface area contributed by atoms with Gasteiger partial charge in [0.2, 0.25) is 0 Å². The number of hydrogen-bond acceptors (Lipinski definition) is 2. The van der Waals surface area contributed by atoms with Crippen molar-refractivity contribution in [2.24, 2.45) is 5.73 Å². The Morgan fingerprint density at radius 1 is 1.17 bits per heavy atom. The smallest absolute Gasteiger partial charge is 0.250 e. The molecule has 0 spiro atoms. The topological polar surface area (TPSA) is 35.2 Å². The maximum Gasteiger partial charge on any atom is 0.250 e. The summed E-state index contributed by atoms with van der Waals surface area (Å²) in [5.41, 5.74) is 5.49. The second-order valence-corrected chi connectivity index (χ2v) is 10.6. The molecular formula is C13H21F2NOSi. The van der Waals surface area contributed by atoms with Crippen molar-refractivity contribution >= 4 is 8.32 Å². The summed E-state index contributed by atoms with van der Waals surface area (Å²) in [6, 6.07) is 2.93. The Morgan fingerprint density at radius 2 is 1.72 bits per heavy atom. The normalized spacial score (nSPS) is 12.7. The van der Waals surface area contributed by atoms with Crippen molar-refractivity contribution in [1.82, 2.24) is 0 Å². The maximum absolute atomic E-state index is 13.8. The van der Waals surface area contributed by atoms with Gasteiger partial charge in [0.15, 0.2) is 11.6 Å². The summed E-state index contributed by atoms with van der Waals surface area (Å²) in [6.07, 6.45) is 0. The molecular weight excluding hydrogens is 252 g/mol. The average molecular weight is 273 g/mol. The summed E-state index contributed by atoms with van der Waals surface area (Å²) in [5, 5.41) is -0.0670. The van der Waals surface area contributed by atoms with Crippen molar-refractivity contribution in [2.75, 3.05) is 0 Å². The highest BCUT2D eigenvalue weighted by Crippen LogP contribution is 2.38. The van der Waals surface area contributed by atoms with E-state index in [1.54, 1.807) is 0 Å². The zero-order chi connectivity index (χ0) is 14.1. The third-order valence-electron chi connectivity index (χ3n) is 3.52. The van der Waals surface area contributed by atoms with E-state index in [-0.39, 0.29) is 22.9 Å². The van der Waals surface area contributed by atoms with Gasteiger partial charge >= 0.3 is 0 Å². The lowest BCUT2D eigenvalue weighted by Gasteiger charge is -2.36. The Morgan fingerprint density at radius 3 is 2.17 bits per heavy atom. The van der Waals surface area contributed by atoms with E-state index < -0.39 is 20.0 Å². The van der Waals surface area contributed by atoms with Crippen molar-refractivity contribution in [3.63, 3.8) is 0 Å². The SMILES string of the molecule is CC(C)(C)[Si](C)(C)Oc1ccc(CN)c(F)c1F. The molecule has 5 heteroatoms. The molecule has 0 bridgehead atoms. The average Bonchev–Trinajstić information content (AvgIpc) is 2.23. The van der Waals surface area contributed by atoms with Crippen LogP contribution < -0.4 is 10.2 Å². The molecule has 0 aliphatic heterocycles. The van der Waals surface area contributed by atoms with Gasteiger partial charge in [-0.2, -0.15) is 4.39 Å². The quantitative estimate of drug-likeness (QED) is 0.850. The van der Waals surface area contributed by atoms with Gasteiger partial charge in [-0.25, -0.2) is 4.39 Å². The van der Waals surface area contributed by atoms with Crippen LogP contribution in [0.2, 0.25) is 18.1 Å². The minimum atomic E-state index is -2.17. The molecule has 0 saturated carbocycles. The molecule has 0 aromatic heterocycles. The highest BCUT2D eigenvalue weighted by Gasteiger charge is 2.39. The second-order valence-electron chi connectivity index (χ2n) is 5.92. The molecule has 0 fully saturated rings. The minimum Gasteiger partial charge on any atom is -0.541 e. The summed E-state index contributed by atoms with van der Waals surface area (Å²) < 4.78 is 33.2. The van der Waals surface area contributed by atoms with Crippen LogP contribution in [0.25, 0.3) is 0 Å². The van der Waals surface area contributed by atoms with Gasteiger partial charge in [0, 0.05) is 12.1 Å². The maximum atomic E-state index is 13.8. The standard InChI is InChI=1S/C13H21F2NOSi/c1-13(2,3)18(4,5)17-10-7-6-9(8-16)11(14)12(10)15/h6-7H,8,16H2,1-5H3. The van der Waals surface area contributed by atoms with Gasteiger partial charge in [-0.05, 0) is 24.2 Å². The van der Waals surface area contributed by atoms with Gasteiger partial charge in [-0.15, -0.1) is 0 Å². The van der Waals surface area contributed by atoms with Crippen molar-refractivity contribution in [1.29, 1.82) is 0 Å². The molecule has 0 amide bonds. The fraction of sp³-hybridized carbons (Fsp3) is 0.538. The van der Waals surface area contributed by atoms with Crippen LogP contribution >= 0.6 is 0 Å². The van der Waals surface area contributed by atoms with Gasteiger partial charge in [-0.1, -0.05) is 26.8 Å². The summed E-state index contributed by atoms with van der Waals surface area (Å²) in [6.45, 7) is 10.1.